The molecule has 128 valence electrons. The molecule has 0 fully saturated rings. The molecule has 6 nitrogen and oxygen atoms in total. The highest BCUT2D eigenvalue weighted by atomic mass is 32.1. The highest BCUT2D eigenvalue weighted by Crippen LogP contribution is 2.34. The van der Waals surface area contributed by atoms with Crippen LogP contribution in [0.15, 0.2) is 18.2 Å². The van der Waals surface area contributed by atoms with E-state index in [1.807, 2.05) is 19.9 Å². The lowest BCUT2D eigenvalue weighted by Gasteiger charge is -2.14. The van der Waals surface area contributed by atoms with Crippen molar-refractivity contribution in [2.45, 2.75) is 13.8 Å². The van der Waals surface area contributed by atoms with E-state index in [0.29, 0.717) is 22.1 Å². The molecule has 0 radical (unpaired) electrons. The largest absolute Gasteiger partial charge is 0.493 e. The Morgan fingerprint density at radius 2 is 1.62 bits per heavy atom. The molecule has 1 heterocycles. The third kappa shape index (κ3) is 3.51. The van der Waals surface area contributed by atoms with Gasteiger partial charge in [0.15, 0.2) is 11.5 Å². The smallest absolute Gasteiger partial charge is 0.340 e. The molecule has 2 aromatic rings. The molecule has 0 saturated carbocycles. The summed E-state index contributed by atoms with van der Waals surface area (Å²) in [6.07, 6.45) is 0. The zero-order valence-corrected chi connectivity index (χ0v) is 15.0. The number of aryl methyl sites for hydroxylation is 2. The first-order valence-corrected chi connectivity index (χ1v) is 7.95. The fourth-order valence-corrected chi connectivity index (χ4v) is 3.06. The van der Waals surface area contributed by atoms with E-state index in [4.69, 9.17) is 14.2 Å². The van der Waals surface area contributed by atoms with Crippen LogP contribution in [-0.2, 0) is 4.74 Å². The lowest BCUT2D eigenvalue weighted by atomic mass is 10.1. The second-order valence-electron chi connectivity index (χ2n) is 5.05. The SMILES string of the molecule is COC(=O)c1cc(OC)c(OC)cc1NC(=O)c1cc(C)c(C)s1. The molecule has 0 bridgehead atoms. The number of amides is 1. The second kappa shape index (κ2) is 7.35. The number of hydrogen-bond acceptors (Lipinski definition) is 6. The van der Waals surface area contributed by atoms with Crippen molar-refractivity contribution in [2.75, 3.05) is 26.6 Å². The number of ether oxygens (including phenoxy) is 3. The molecule has 0 saturated heterocycles. The first-order chi connectivity index (χ1) is 11.4. The summed E-state index contributed by atoms with van der Waals surface area (Å²) < 4.78 is 15.2. The van der Waals surface area contributed by atoms with E-state index in [0.717, 1.165) is 10.4 Å². The van der Waals surface area contributed by atoms with Crippen LogP contribution in [0.5, 0.6) is 11.5 Å². The molecule has 1 amide bonds. The summed E-state index contributed by atoms with van der Waals surface area (Å²) in [4.78, 5) is 26.1. The van der Waals surface area contributed by atoms with Gasteiger partial charge < -0.3 is 19.5 Å². The Hall–Kier alpha value is -2.54. The van der Waals surface area contributed by atoms with Gasteiger partial charge in [0.1, 0.15) is 0 Å². The van der Waals surface area contributed by atoms with Gasteiger partial charge in [-0.05, 0) is 25.5 Å². The van der Waals surface area contributed by atoms with Gasteiger partial charge in [-0.25, -0.2) is 4.79 Å². The molecular weight excluding hydrogens is 330 g/mol. The van der Waals surface area contributed by atoms with Crippen molar-refractivity contribution >= 4 is 28.9 Å². The summed E-state index contributed by atoms with van der Waals surface area (Å²) in [5.41, 5.74) is 1.53. The minimum atomic E-state index is -0.579. The average molecular weight is 349 g/mol. The number of methoxy groups -OCH3 is 3. The summed E-state index contributed by atoms with van der Waals surface area (Å²) in [5, 5.41) is 2.74. The third-order valence-electron chi connectivity index (χ3n) is 3.57. The zero-order valence-electron chi connectivity index (χ0n) is 14.2. The normalized spacial score (nSPS) is 10.2. The maximum Gasteiger partial charge on any atom is 0.340 e. The molecule has 0 aliphatic heterocycles. The number of nitrogens with one attached hydrogen (secondary N) is 1. The fraction of sp³-hybridized carbons (Fsp3) is 0.294. The molecular formula is C17H19NO5S. The Morgan fingerprint density at radius 1 is 1.00 bits per heavy atom. The van der Waals surface area contributed by atoms with Crippen LogP contribution in [0.3, 0.4) is 0 Å². The van der Waals surface area contributed by atoms with Gasteiger partial charge in [0, 0.05) is 17.0 Å². The van der Waals surface area contributed by atoms with Crippen LogP contribution in [0.4, 0.5) is 5.69 Å². The van der Waals surface area contributed by atoms with Gasteiger partial charge in [-0.3, -0.25) is 4.79 Å². The first-order valence-electron chi connectivity index (χ1n) is 7.14. The van der Waals surface area contributed by atoms with Crippen LogP contribution < -0.4 is 14.8 Å². The van der Waals surface area contributed by atoms with Crippen molar-refractivity contribution in [1.82, 2.24) is 0 Å². The standard InChI is InChI=1S/C17H19NO5S/c1-9-6-15(24-10(9)2)16(19)18-12-8-14(22-4)13(21-3)7-11(12)17(20)23-5/h6-8H,1-5H3,(H,18,19). The zero-order chi connectivity index (χ0) is 17.9. The Morgan fingerprint density at radius 3 is 2.12 bits per heavy atom. The van der Waals surface area contributed by atoms with E-state index in [1.54, 1.807) is 0 Å². The van der Waals surface area contributed by atoms with E-state index in [1.165, 1.54) is 44.8 Å². The van der Waals surface area contributed by atoms with E-state index in [-0.39, 0.29) is 11.5 Å². The topological polar surface area (TPSA) is 73.9 Å². The van der Waals surface area contributed by atoms with Crippen LogP contribution >= 0.6 is 11.3 Å². The van der Waals surface area contributed by atoms with E-state index in [2.05, 4.69) is 5.32 Å². The van der Waals surface area contributed by atoms with Crippen molar-refractivity contribution in [3.63, 3.8) is 0 Å². The lowest BCUT2D eigenvalue weighted by molar-refractivity contribution is 0.0601. The Kier molecular flexibility index (Phi) is 5.46. The van der Waals surface area contributed by atoms with Gasteiger partial charge in [-0.15, -0.1) is 11.3 Å². The molecule has 1 N–H and O–H groups in total. The molecule has 1 aromatic heterocycles. The quantitative estimate of drug-likeness (QED) is 0.837. The summed E-state index contributed by atoms with van der Waals surface area (Å²) in [6, 6.07) is 4.83. The van der Waals surface area contributed by atoms with Crippen LogP contribution in [0.1, 0.15) is 30.5 Å². The summed E-state index contributed by atoms with van der Waals surface area (Å²) in [5.74, 6) is -0.101. The van der Waals surface area contributed by atoms with E-state index < -0.39 is 5.97 Å². The molecule has 0 unspecified atom stereocenters. The predicted molar refractivity (Wildman–Crippen MR) is 92.6 cm³/mol. The molecule has 0 aliphatic rings. The first kappa shape index (κ1) is 17.8. The van der Waals surface area contributed by atoms with Gasteiger partial charge in [0.25, 0.3) is 5.91 Å². The number of thiophene rings is 1. The molecule has 2 rings (SSSR count). The van der Waals surface area contributed by atoms with Crippen molar-refractivity contribution < 1.29 is 23.8 Å². The second-order valence-corrected chi connectivity index (χ2v) is 6.30. The molecule has 24 heavy (non-hydrogen) atoms. The van der Waals surface area contributed by atoms with Crippen LogP contribution in [0.2, 0.25) is 0 Å². The fourth-order valence-electron chi connectivity index (χ4n) is 2.13. The minimum Gasteiger partial charge on any atom is -0.493 e. The Labute approximate surface area is 144 Å². The number of carbonyl (C=O) groups is 2. The molecule has 0 atom stereocenters. The molecule has 7 heteroatoms. The van der Waals surface area contributed by atoms with Gasteiger partial charge in [0.05, 0.1) is 37.5 Å². The summed E-state index contributed by atoms with van der Waals surface area (Å²) >= 11 is 1.40. The van der Waals surface area contributed by atoms with Gasteiger partial charge in [0.2, 0.25) is 0 Å². The maximum atomic E-state index is 12.5. The van der Waals surface area contributed by atoms with Crippen LogP contribution in [0.25, 0.3) is 0 Å². The van der Waals surface area contributed by atoms with Gasteiger partial charge in [-0.2, -0.15) is 0 Å². The van der Waals surface area contributed by atoms with Gasteiger partial charge in [-0.1, -0.05) is 0 Å². The van der Waals surface area contributed by atoms with E-state index in [9.17, 15) is 9.59 Å². The number of anilines is 1. The predicted octanol–water partition coefficient (Wildman–Crippen LogP) is 3.42. The van der Waals surface area contributed by atoms with Crippen LogP contribution in [-0.4, -0.2) is 33.2 Å². The minimum absolute atomic E-state index is 0.188. The third-order valence-corrected chi connectivity index (χ3v) is 4.72. The highest BCUT2D eigenvalue weighted by molar-refractivity contribution is 7.14. The molecule has 0 aliphatic carbocycles. The van der Waals surface area contributed by atoms with Crippen molar-refractivity contribution in [3.8, 4) is 11.5 Å². The number of esters is 1. The molecule has 0 spiro atoms. The maximum absolute atomic E-state index is 12.5. The monoisotopic (exact) mass is 349 g/mol. The van der Waals surface area contributed by atoms with Crippen molar-refractivity contribution in [3.05, 3.63) is 39.1 Å². The number of carbonyl (C=O) groups excluding carboxylic acids is 2. The Balaban J connectivity index is 2.43. The molecule has 1 aromatic carbocycles. The van der Waals surface area contributed by atoms with Crippen LogP contribution in [0, 0.1) is 13.8 Å². The lowest BCUT2D eigenvalue weighted by Crippen LogP contribution is -2.15. The van der Waals surface area contributed by atoms with E-state index >= 15 is 0 Å². The summed E-state index contributed by atoms with van der Waals surface area (Å²) in [7, 11) is 4.22. The van der Waals surface area contributed by atoms with Crippen molar-refractivity contribution in [1.29, 1.82) is 0 Å². The highest BCUT2D eigenvalue weighted by Gasteiger charge is 2.20. The Bertz CT molecular complexity index is 762. The van der Waals surface area contributed by atoms with Gasteiger partial charge >= 0.3 is 5.97 Å². The average Bonchev–Trinajstić information content (AvgIpc) is 2.92. The number of rotatable bonds is 5. The summed E-state index contributed by atoms with van der Waals surface area (Å²) in [6.45, 7) is 3.89. The van der Waals surface area contributed by atoms with Crippen molar-refractivity contribution in [2.24, 2.45) is 0 Å². The number of hydrogen-bond donors (Lipinski definition) is 1. The number of benzene rings is 1.